The third-order valence-electron chi connectivity index (χ3n) is 6.13. The Morgan fingerprint density at radius 3 is 2.26 bits per heavy atom. The van der Waals surface area contributed by atoms with Crippen LogP contribution in [0.5, 0.6) is 5.75 Å². The molecule has 8 nitrogen and oxygen atoms in total. The van der Waals surface area contributed by atoms with E-state index in [9.17, 15) is 14.0 Å². The molecule has 0 radical (unpaired) electrons. The van der Waals surface area contributed by atoms with Crippen LogP contribution in [0.2, 0.25) is 0 Å². The number of amides is 1. The van der Waals surface area contributed by atoms with Gasteiger partial charge in [-0.3, -0.25) is 4.79 Å². The van der Waals surface area contributed by atoms with E-state index in [0.717, 1.165) is 0 Å². The number of carbonyl (C=O) groups excluding carboxylic acids is 2. The van der Waals surface area contributed by atoms with Gasteiger partial charge in [0.2, 0.25) is 5.91 Å². The number of anilines is 2. The topological polar surface area (TPSA) is 104 Å². The summed E-state index contributed by atoms with van der Waals surface area (Å²) < 4.78 is 20.3. The number of likely N-dealkylation sites (N-methyl/N-ethyl adjacent to an activating group) is 1. The summed E-state index contributed by atoms with van der Waals surface area (Å²) in [5.74, 6) is -0.214. The van der Waals surface area contributed by atoms with Crippen molar-refractivity contribution in [3.8, 4) is 5.75 Å². The number of carbonyl (C=O) groups is 2. The molecule has 1 aliphatic carbocycles. The molecule has 0 aliphatic heterocycles. The fourth-order valence-corrected chi connectivity index (χ4v) is 3.99. The first-order valence-electron chi connectivity index (χ1n) is 12.8. The maximum absolute atomic E-state index is 14.8. The largest absolute Gasteiger partial charge is 0.492 e. The van der Waals surface area contributed by atoms with Gasteiger partial charge in [-0.1, -0.05) is 19.9 Å². The molecule has 0 heterocycles. The van der Waals surface area contributed by atoms with Gasteiger partial charge in [0.1, 0.15) is 30.3 Å². The molecule has 1 amide bonds. The van der Waals surface area contributed by atoms with E-state index >= 15 is 0 Å². The number of ether oxygens (including phenoxy) is 1. The summed E-state index contributed by atoms with van der Waals surface area (Å²) in [5, 5.41) is 12.5. The van der Waals surface area contributed by atoms with Crippen LogP contribution in [0.3, 0.4) is 0 Å². The normalized spacial score (nSPS) is 14.6. The number of nitrogens with zero attached hydrogens (tertiary/aromatic N) is 1. The van der Waals surface area contributed by atoms with E-state index in [1.165, 1.54) is 31.9 Å². The van der Waals surface area contributed by atoms with Crippen LogP contribution in [0.15, 0.2) is 41.4 Å². The van der Waals surface area contributed by atoms with E-state index in [1.807, 2.05) is 7.05 Å². The zero-order chi connectivity index (χ0) is 28.0. The van der Waals surface area contributed by atoms with Crippen LogP contribution in [-0.2, 0) is 9.59 Å². The highest BCUT2D eigenvalue weighted by molar-refractivity contribution is 5.98. The Kier molecular flexibility index (Phi) is 12.6. The van der Waals surface area contributed by atoms with Gasteiger partial charge in [0, 0.05) is 36.7 Å². The average Bonchev–Trinajstić information content (AvgIpc) is 2.85. The van der Waals surface area contributed by atoms with Gasteiger partial charge in [0.15, 0.2) is 0 Å². The fraction of sp³-hybridized carbons (Fsp3) is 0.414. The van der Waals surface area contributed by atoms with Crippen molar-refractivity contribution in [2.45, 2.75) is 39.5 Å². The van der Waals surface area contributed by atoms with Crippen molar-refractivity contribution >= 4 is 42.2 Å². The molecular formula is C29H40FN5O3. The highest BCUT2D eigenvalue weighted by Gasteiger charge is 2.30. The van der Waals surface area contributed by atoms with Crippen molar-refractivity contribution in [3.63, 3.8) is 0 Å². The number of hydrogen-bond acceptors (Lipinski definition) is 7. The molecule has 1 aliphatic rings. The highest BCUT2D eigenvalue weighted by Crippen LogP contribution is 2.39. The van der Waals surface area contributed by atoms with E-state index in [0.29, 0.717) is 53.0 Å². The van der Waals surface area contributed by atoms with Crippen molar-refractivity contribution in [3.05, 3.63) is 52.7 Å². The number of halogens is 1. The Labute approximate surface area is 224 Å². The van der Waals surface area contributed by atoms with Gasteiger partial charge in [0.05, 0.1) is 11.6 Å². The second-order valence-electron chi connectivity index (χ2n) is 9.44. The lowest BCUT2D eigenvalue weighted by Crippen LogP contribution is -2.35. The highest BCUT2D eigenvalue weighted by atomic mass is 19.1. The molecule has 0 spiro atoms. The zero-order valence-corrected chi connectivity index (χ0v) is 22.8. The quantitative estimate of drug-likeness (QED) is 0.147. The second kappa shape index (κ2) is 15.6. The molecule has 9 heteroatoms. The summed E-state index contributed by atoms with van der Waals surface area (Å²) in [7, 11) is 3.84. The first kappa shape index (κ1) is 30.7. The van der Waals surface area contributed by atoms with Crippen LogP contribution in [0.25, 0.3) is 12.4 Å². The SMILES string of the molecule is C=c1cc(OCCNC)cc(F)/c1=C(/N=C\C)Nc1ccc(NC(=O)CC=O)cc1.CNCC1(C)CCC1. The molecule has 2 aromatic carbocycles. The number of aldehydes is 1. The number of benzene rings is 2. The van der Waals surface area contributed by atoms with Gasteiger partial charge < -0.3 is 30.8 Å². The van der Waals surface area contributed by atoms with Crippen LogP contribution in [0.1, 0.15) is 39.5 Å². The molecule has 206 valence electrons. The maximum atomic E-state index is 14.8. The van der Waals surface area contributed by atoms with Crippen molar-refractivity contribution in [2.24, 2.45) is 10.4 Å². The van der Waals surface area contributed by atoms with Crippen LogP contribution in [0.4, 0.5) is 15.8 Å². The molecule has 2 aromatic rings. The zero-order valence-electron chi connectivity index (χ0n) is 22.8. The van der Waals surface area contributed by atoms with Gasteiger partial charge in [-0.05, 0) is 74.8 Å². The number of nitrogens with one attached hydrogen (secondary N) is 4. The molecule has 0 saturated heterocycles. The molecule has 3 rings (SSSR count). The first-order valence-corrected chi connectivity index (χ1v) is 12.8. The minimum atomic E-state index is -0.507. The van der Waals surface area contributed by atoms with E-state index in [4.69, 9.17) is 4.74 Å². The van der Waals surface area contributed by atoms with E-state index in [-0.39, 0.29) is 11.6 Å². The lowest BCUT2D eigenvalue weighted by Gasteiger charge is -2.38. The van der Waals surface area contributed by atoms with Crippen molar-refractivity contribution in [1.82, 2.24) is 10.6 Å². The monoisotopic (exact) mass is 525 g/mol. The number of hydrogen-bond donors (Lipinski definition) is 4. The first-order chi connectivity index (χ1) is 18.2. The summed E-state index contributed by atoms with van der Waals surface area (Å²) in [4.78, 5) is 26.1. The van der Waals surface area contributed by atoms with E-state index in [1.54, 1.807) is 50.5 Å². The van der Waals surface area contributed by atoms with Gasteiger partial charge >= 0.3 is 0 Å². The van der Waals surface area contributed by atoms with E-state index in [2.05, 4.69) is 39.8 Å². The molecule has 38 heavy (non-hydrogen) atoms. The summed E-state index contributed by atoms with van der Waals surface area (Å²) >= 11 is 0. The third-order valence-corrected chi connectivity index (χ3v) is 6.13. The minimum Gasteiger partial charge on any atom is -0.492 e. The van der Waals surface area contributed by atoms with Crippen LogP contribution < -0.4 is 36.4 Å². The third kappa shape index (κ3) is 9.72. The van der Waals surface area contributed by atoms with Crippen molar-refractivity contribution < 1.29 is 18.7 Å². The maximum Gasteiger partial charge on any atom is 0.231 e. The molecule has 1 fully saturated rings. The smallest absolute Gasteiger partial charge is 0.231 e. The van der Waals surface area contributed by atoms with Crippen molar-refractivity contribution in [1.29, 1.82) is 0 Å². The molecule has 4 N–H and O–H groups in total. The predicted octanol–water partition coefficient (Wildman–Crippen LogP) is 3.03. The Balaban J connectivity index is 0.000000538. The lowest BCUT2D eigenvalue weighted by molar-refractivity contribution is -0.119. The molecule has 0 unspecified atom stereocenters. The standard InChI is InChI=1S/C22H25FN4O3.C7H15N/c1-4-25-22(21-15(2)13-18(14-19(21)23)30-12-10-24-3)27-17-7-5-16(6-8-17)26-20(29)9-11-28;1-7(6-8-2)4-3-5-7/h4-8,11,13-14,24,27H,2,9-10,12H2,1,3H3,(H,26,29);8H,3-6H2,1-2H3/b22-21-,25-4-;. The Morgan fingerprint density at radius 2 is 1.79 bits per heavy atom. The summed E-state index contributed by atoms with van der Waals surface area (Å²) in [6, 6.07) is 9.71. The van der Waals surface area contributed by atoms with Crippen molar-refractivity contribution in [2.75, 3.05) is 44.4 Å². The molecule has 0 bridgehead atoms. The summed E-state index contributed by atoms with van der Waals surface area (Å²) in [6.45, 7) is 10.3. The Hall–Kier alpha value is -3.56. The fourth-order valence-electron chi connectivity index (χ4n) is 3.99. The van der Waals surface area contributed by atoms with Gasteiger partial charge in [-0.2, -0.15) is 0 Å². The van der Waals surface area contributed by atoms with Gasteiger partial charge in [-0.25, -0.2) is 9.38 Å². The average molecular weight is 526 g/mol. The molecule has 0 aromatic heterocycles. The van der Waals surface area contributed by atoms with E-state index < -0.39 is 11.7 Å². The number of aliphatic imine (C=N–C) groups is 1. The molecule has 0 atom stereocenters. The minimum absolute atomic E-state index is 0.205. The summed E-state index contributed by atoms with van der Waals surface area (Å²) in [6.07, 6.45) is 6.17. The summed E-state index contributed by atoms with van der Waals surface area (Å²) in [5.41, 5.74) is 1.84. The van der Waals surface area contributed by atoms with Crippen LogP contribution >= 0.6 is 0 Å². The van der Waals surface area contributed by atoms with Gasteiger partial charge in [-0.15, -0.1) is 0 Å². The number of rotatable bonds is 12. The molecule has 1 saturated carbocycles. The van der Waals surface area contributed by atoms with Crippen LogP contribution in [0, 0.1) is 11.2 Å². The van der Waals surface area contributed by atoms with Crippen LogP contribution in [-0.4, -0.2) is 52.2 Å². The Bertz CT molecular complexity index is 1190. The predicted molar refractivity (Wildman–Crippen MR) is 153 cm³/mol. The second-order valence-corrected chi connectivity index (χ2v) is 9.44. The van der Waals surface area contributed by atoms with Gasteiger partial charge in [0.25, 0.3) is 0 Å². The molecular weight excluding hydrogens is 485 g/mol. The Morgan fingerprint density at radius 1 is 1.13 bits per heavy atom. The lowest BCUT2D eigenvalue weighted by atomic mass is 9.70.